The Bertz CT molecular complexity index is 815. The molecule has 0 spiro atoms. The maximum absolute atomic E-state index is 12.8. The van der Waals surface area contributed by atoms with E-state index >= 15 is 0 Å². The van der Waals surface area contributed by atoms with E-state index < -0.39 is 5.41 Å². The fourth-order valence-electron chi connectivity index (χ4n) is 3.16. The van der Waals surface area contributed by atoms with Gasteiger partial charge in [-0.15, -0.1) is 0 Å². The second kappa shape index (κ2) is 6.39. The van der Waals surface area contributed by atoms with Crippen molar-refractivity contribution < 1.29 is 14.7 Å². The molecule has 132 valence electrons. The molecule has 5 nitrogen and oxygen atoms in total. The van der Waals surface area contributed by atoms with Gasteiger partial charge in [0.25, 0.3) is 5.91 Å². The molecule has 0 radical (unpaired) electrons. The van der Waals surface area contributed by atoms with Crippen molar-refractivity contribution in [3.05, 3.63) is 42.0 Å². The van der Waals surface area contributed by atoms with Crippen LogP contribution in [-0.2, 0) is 4.79 Å². The van der Waals surface area contributed by atoms with Gasteiger partial charge in [0, 0.05) is 31.6 Å². The zero-order valence-corrected chi connectivity index (χ0v) is 15.0. The number of hydrogen-bond donors (Lipinski definition) is 1. The lowest BCUT2D eigenvalue weighted by Gasteiger charge is -2.37. The average molecular weight is 340 g/mol. The fraction of sp³-hybridized carbons (Fsp3) is 0.400. The maximum atomic E-state index is 12.8. The highest BCUT2D eigenvalue weighted by molar-refractivity contribution is 6.01. The molecule has 0 bridgehead atoms. The Morgan fingerprint density at radius 3 is 2.00 bits per heavy atom. The molecular formula is C20H24N2O3. The van der Waals surface area contributed by atoms with Crippen molar-refractivity contribution in [2.75, 3.05) is 26.2 Å². The van der Waals surface area contributed by atoms with Gasteiger partial charge in [0.2, 0.25) is 5.91 Å². The van der Waals surface area contributed by atoms with Crippen LogP contribution in [0.1, 0.15) is 31.1 Å². The number of amides is 2. The van der Waals surface area contributed by atoms with E-state index in [1.54, 1.807) is 17.0 Å². The van der Waals surface area contributed by atoms with Gasteiger partial charge < -0.3 is 14.9 Å². The van der Waals surface area contributed by atoms with Crippen molar-refractivity contribution in [3.63, 3.8) is 0 Å². The molecular weight excluding hydrogens is 316 g/mol. The molecule has 1 N–H and O–H groups in total. The normalized spacial score (nSPS) is 15.5. The molecule has 0 saturated carbocycles. The lowest BCUT2D eigenvalue weighted by Crippen LogP contribution is -2.53. The quantitative estimate of drug-likeness (QED) is 0.868. The Labute approximate surface area is 147 Å². The summed E-state index contributed by atoms with van der Waals surface area (Å²) in [5.41, 5.74) is -0.0997. The number of piperazine rings is 1. The number of hydrogen-bond acceptors (Lipinski definition) is 3. The van der Waals surface area contributed by atoms with Crippen LogP contribution >= 0.6 is 0 Å². The summed E-state index contributed by atoms with van der Waals surface area (Å²) in [6.07, 6.45) is 0. The number of rotatable bonds is 1. The number of fused-ring (bicyclic) bond motifs is 1. The van der Waals surface area contributed by atoms with E-state index in [2.05, 4.69) is 0 Å². The first-order valence-electron chi connectivity index (χ1n) is 8.58. The SMILES string of the molecule is CC(C)(C)C(=O)N1CCN(C(=O)c2cc3ccccc3cc2O)CC1. The van der Waals surface area contributed by atoms with Gasteiger partial charge >= 0.3 is 0 Å². The minimum Gasteiger partial charge on any atom is -0.507 e. The van der Waals surface area contributed by atoms with Gasteiger partial charge in [0.1, 0.15) is 5.75 Å². The second-order valence-electron chi connectivity index (χ2n) is 7.55. The highest BCUT2D eigenvalue weighted by Gasteiger charge is 2.31. The Balaban J connectivity index is 1.75. The molecule has 0 atom stereocenters. The van der Waals surface area contributed by atoms with E-state index in [1.165, 1.54) is 0 Å². The lowest BCUT2D eigenvalue weighted by atomic mass is 9.94. The summed E-state index contributed by atoms with van der Waals surface area (Å²) in [7, 11) is 0. The molecule has 1 heterocycles. The summed E-state index contributed by atoms with van der Waals surface area (Å²) in [6, 6.07) is 11.0. The Morgan fingerprint density at radius 1 is 0.920 bits per heavy atom. The third kappa shape index (κ3) is 3.45. The van der Waals surface area contributed by atoms with Crippen molar-refractivity contribution in [2.45, 2.75) is 20.8 Å². The van der Waals surface area contributed by atoms with Crippen LogP contribution in [0.25, 0.3) is 10.8 Å². The Morgan fingerprint density at radius 2 is 1.44 bits per heavy atom. The first kappa shape index (κ1) is 17.3. The number of aromatic hydroxyl groups is 1. The van der Waals surface area contributed by atoms with Gasteiger partial charge in [-0.3, -0.25) is 9.59 Å². The van der Waals surface area contributed by atoms with Gasteiger partial charge in [-0.2, -0.15) is 0 Å². The van der Waals surface area contributed by atoms with Crippen LogP contribution in [0.5, 0.6) is 5.75 Å². The maximum Gasteiger partial charge on any atom is 0.257 e. The van der Waals surface area contributed by atoms with Gasteiger partial charge in [0.15, 0.2) is 0 Å². The van der Waals surface area contributed by atoms with Gasteiger partial charge in [-0.05, 0) is 22.9 Å². The highest BCUT2D eigenvalue weighted by atomic mass is 16.3. The van der Waals surface area contributed by atoms with Gasteiger partial charge in [0.05, 0.1) is 5.56 Å². The molecule has 0 aliphatic carbocycles. The summed E-state index contributed by atoms with van der Waals surface area (Å²) < 4.78 is 0. The van der Waals surface area contributed by atoms with E-state index in [-0.39, 0.29) is 17.6 Å². The van der Waals surface area contributed by atoms with Crippen molar-refractivity contribution in [1.29, 1.82) is 0 Å². The van der Waals surface area contributed by atoms with Gasteiger partial charge in [-0.1, -0.05) is 45.0 Å². The number of carbonyl (C=O) groups excluding carboxylic acids is 2. The standard InChI is InChI=1S/C20H24N2O3/c1-20(2,3)19(25)22-10-8-21(9-11-22)18(24)16-12-14-6-4-5-7-15(14)13-17(16)23/h4-7,12-13,23H,8-11H2,1-3H3. The number of carbonyl (C=O) groups is 2. The van der Waals surface area contributed by atoms with Crippen LogP contribution < -0.4 is 0 Å². The summed E-state index contributed by atoms with van der Waals surface area (Å²) in [4.78, 5) is 28.7. The monoisotopic (exact) mass is 340 g/mol. The fourth-order valence-corrected chi connectivity index (χ4v) is 3.16. The van der Waals surface area contributed by atoms with E-state index in [1.807, 2.05) is 49.9 Å². The molecule has 2 amide bonds. The van der Waals surface area contributed by atoms with Crippen LogP contribution in [0.4, 0.5) is 0 Å². The van der Waals surface area contributed by atoms with E-state index in [4.69, 9.17) is 0 Å². The van der Waals surface area contributed by atoms with E-state index in [0.717, 1.165) is 10.8 Å². The van der Waals surface area contributed by atoms with Crippen LogP contribution in [0.3, 0.4) is 0 Å². The predicted octanol–water partition coefficient (Wildman–Crippen LogP) is 2.88. The summed E-state index contributed by atoms with van der Waals surface area (Å²) in [5, 5.41) is 12.1. The Hall–Kier alpha value is -2.56. The number of nitrogens with zero attached hydrogens (tertiary/aromatic N) is 2. The van der Waals surface area contributed by atoms with E-state index in [9.17, 15) is 14.7 Å². The number of benzene rings is 2. The molecule has 1 aliphatic heterocycles. The molecule has 0 unspecified atom stereocenters. The summed E-state index contributed by atoms with van der Waals surface area (Å²) in [5.74, 6) is -0.0869. The molecule has 1 fully saturated rings. The van der Waals surface area contributed by atoms with Crippen LogP contribution in [0.15, 0.2) is 36.4 Å². The predicted molar refractivity (Wildman–Crippen MR) is 97.6 cm³/mol. The van der Waals surface area contributed by atoms with Gasteiger partial charge in [-0.25, -0.2) is 0 Å². The summed E-state index contributed by atoms with van der Waals surface area (Å²) in [6.45, 7) is 7.71. The van der Waals surface area contributed by atoms with Crippen LogP contribution in [0.2, 0.25) is 0 Å². The van der Waals surface area contributed by atoms with E-state index in [0.29, 0.717) is 31.7 Å². The Kier molecular flexibility index (Phi) is 4.41. The van der Waals surface area contributed by atoms with Crippen LogP contribution in [0, 0.1) is 5.41 Å². The average Bonchev–Trinajstić information content (AvgIpc) is 2.59. The molecule has 2 aromatic carbocycles. The third-order valence-corrected chi connectivity index (χ3v) is 4.59. The number of phenolic OH excluding ortho intramolecular Hbond substituents is 1. The molecule has 0 aromatic heterocycles. The minimum absolute atomic E-state index is 0.00287. The molecule has 5 heteroatoms. The largest absolute Gasteiger partial charge is 0.507 e. The first-order valence-corrected chi connectivity index (χ1v) is 8.58. The third-order valence-electron chi connectivity index (χ3n) is 4.59. The zero-order valence-electron chi connectivity index (χ0n) is 15.0. The smallest absolute Gasteiger partial charge is 0.257 e. The van der Waals surface area contributed by atoms with Crippen molar-refractivity contribution in [1.82, 2.24) is 9.80 Å². The molecule has 3 rings (SSSR count). The first-order chi connectivity index (χ1) is 11.8. The zero-order chi connectivity index (χ0) is 18.2. The highest BCUT2D eigenvalue weighted by Crippen LogP contribution is 2.27. The second-order valence-corrected chi connectivity index (χ2v) is 7.55. The number of phenols is 1. The minimum atomic E-state index is -0.414. The lowest BCUT2D eigenvalue weighted by molar-refractivity contribution is -0.140. The van der Waals surface area contributed by atoms with Crippen molar-refractivity contribution in [3.8, 4) is 5.75 Å². The molecule has 25 heavy (non-hydrogen) atoms. The topological polar surface area (TPSA) is 60.9 Å². The van der Waals surface area contributed by atoms with Crippen molar-refractivity contribution >= 4 is 22.6 Å². The summed E-state index contributed by atoms with van der Waals surface area (Å²) >= 11 is 0. The van der Waals surface area contributed by atoms with Crippen LogP contribution in [-0.4, -0.2) is 52.9 Å². The molecule has 1 saturated heterocycles. The molecule has 1 aliphatic rings. The molecule has 2 aromatic rings. The van der Waals surface area contributed by atoms with Crippen molar-refractivity contribution in [2.24, 2.45) is 5.41 Å².